The molecule has 2 amide bonds. The van der Waals surface area contributed by atoms with Crippen LogP contribution in [0.3, 0.4) is 0 Å². The summed E-state index contributed by atoms with van der Waals surface area (Å²) in [5, 5.41) is 6.17. The fourth-order valence-corrected chi connectivity index (χ4v) is 4.30. The van der Waals surface area contributed by atoms with Crippen LogP contribution >= 0.6 is 0 Å². The lowest BCUT2D eigenvalue weighted by Crippen LogP contribution is -2.38. The van der Waals surface area contributed by atoms with Gasteiger partial charge in [0.05, 0.1) is 11.0 Å². The number of aryl methyl sites for hydroxylation is 1. The average molecular weight is 419 g/mol. The first-order chi connectivity index (χ1) is 15.2. The van der Waals surface area contributed by atoms with E-state index in [0.717, 1.165) is 36.1 Å². The Hall–Kier alpha value is -3.15. The van der Waals surface area contributed by atoms with Crippen molar-refractivity contribution in [1.29, 1.82) is 0 Å². The SMILES string of the molecule is O=C(Cn1c(CCCNC(=O)c2ccccc2)nc2ccccc21)NC1CCCCC1. The summed E-state index contributed by atoms with van der Waals surface area (Å²) < 4.78 is 2.02. The van der Waals surface area contributed by atoms with Crippen LogP contribution in [0.15, 0.2) is 54.6 Å². The van der Waals surface area contributed by atoms with Gasteiger partial charge in [0.2, 0.25) is 5.91 Å². The Balaban J connectivity index is 1.37. The van der Waals surface area contributed by atoms with E-state index in [4.69, 9.17) is 4.98 Å². The van der Waals surface area contributed by atoms with E-state index in [9.17, 15) is 9.59 Å². The number of benzene rings is 2. The van der Waals surface area contributed by atoms with E-state index in [1.54, 1.807) is 12.1 Å². The molecule has 162 valence electrons. The molecular formula is C25H30N4O2. The molecule has 1 aliphatic carbocycles. The summed E-state index contributed by atoms with van der Waals surface area (Å²) >= 11 is 0. The molecule has 1 aliphatic rings. The second-order valence-corrected chi connectivity index (χ2v) is 8.23. The Kier molecular flexibility index (Phi) is 6.97. The van der Waals surface area contributed by atoms with Crippen molar-refractivity contribution in [2.24, 2.45) is 0 Å². The van der Waals surface area contributed by atoms with E-state index in [2.05, 4.69) is 10.6 Å². The Labute approximate surface area is 183 Å². The number of fused-ring (bicyclic) bond motifs is 1. The zero-order valence-corrected chi connectivity index (χ0v) is 17.8. The molecule has 2 aromatic carbocycles. The minimum Gasteiger partial charge on any atom is -0.352 e. The first kappa shape index (κ1) is 21.1. The van der Waals surface area contributed by atoms with Crippen molar-refractivity contribution in [3.8, 4) is 0 Å². The molecular weight excluding hydrogens is 388 g/mol. The van der Waals surface area contributed by atoms with Crippen LogP contribution in [0.25, 0.3) is 11.0 Å². The number of carbonyl (C=O) groups excluding carboxylic acids is 2. The van der Waals surface area contributed by atoms with Gasteiger partial charge in [0.25, 0.3) is 5.91 Å². The molecule has 0 saturated heterocycles. The molecule has 1 heterocycles. The molecule has 2 N–H and O–H groups in total. The number of rotatable bonds is 8. The van der Waals surface area contributed by atoms with Crippen LogP contribution in [-0.4, -0.2) is 34.0 Å². The highest BCUT2D eigenvalue weighted by molar-refractivity contribution is 5.94. The van der Waals surface area contributed by atoms with Gasteiger partial charge in [0, 0.05) is 24.6 Å². The maximum Gasteiger partial charge on any atom is 0.251 e. The molecule has 4 rings (SSSR count). The third kappa shape index (κ3) is 5.51. The Morgan fingerprint density at radius 2 is 1.71 bits per heavy atom. The molecule has 1 fully saturated rings. The number of para-hydroxylation sites is 2. The topological polar surface area (TPSA) is 76.0 Å². The van der Waals surface area contributed by atoms with E-state index in [-0.39, 0.29) is 18.4 Å². The molecule has 0 radical (unpaired) electrons. The summed E-state index contributed by atoms with van der Waals surface area (Å²) in [6.07, 6.45) is 7.25. The van der Waals surface area contributed by atoms with Crippen LogP contribution in [0.1, 0.15) is 54.7 Å². The number of aromatic nitrogens is 2. The minimum absolute atomic E-state index is 0.0497. The highest BCUT2D eigenvalue weighted by Crippen LogP contribution is 2.19. The summed E-state index contributed by atoms with van der Waals surface area (Å²) in [4.78, 5) is 29.7. The lowest BCUT2D eigenvalue weighted by atomic mass is 9.95. The van der Waals surface area contributed by atoms with Gasteiger partial charge in [-0.15, -0.1) is 0 Å². The monoisotopic (exact) mass is 418 g/mol. The molecule has 0 aliphatic heterocycles. The number of hydrogen-bond donors (Lipinski definition) is 2. The molecule has 31 heavy (non-hydrogen) atoms. The van der Waals surface area contributed by atoms with Crippen molar-refractivity contribution in [2.75, 3.05) is 6.54 Å². The number of imidazole rings is 1. The molecule has 0 atom stereocenters. The second-order valence-electron chi connectivity index (χ2n) is 8.23. The van der Waals surface area contributed by atoms with E-state index in [0.29, 0.717) is 24.6 Å². The largest absolute Gasteiger partial charge is 0.352 e. The predicted octanol–water partition coefficient (Wildman–Crippen LogP) is 3.85. The molecule has 1 aromatic heterocycles. The van der Waals surface area contributed by atoms with Gasteiger partial charge >= 0.3 is 0 Å². The summed E-state index contributed by atoms with van der Waals surface area (Å²) in [5.74, 6) is 0.864. The van der Waals surface area contributed by atoms with Crippen molar-refractivity contribution in [3.05, 3.63) is 66.0 Å². The molecule has 0 bridgehead atoms. The maximum atomic E-state index is 12.7. The van der Waals surface area contributed by atoms with E-state index >= 15 is 0 Å². The standard InChI is InChI=1S/C25H30N4O2/c30-24(27-20-12-5-2-6-13-20)18-29-22-15-8-7-14-21(22)28-23(29)16-9-17-26-25(31)19-10-3-1-4-11-19/h1,3-4,7-8,10-11,14-15,20H,2,5-6,9,12-13,16-18H2,(H,26,31)(H,27,30). The lowest BCUT2D eigenvalue weighted by molar-refractivity contribution is -0.122. The summed E-state index contributed by atoms with van der Waals surface area (Å²) in [6.45, 7) is 0.841. The first-order valence-corrected chi connectivity index (χ1v) is 11.3. The fourth-order valence-electron chi connectivity index (χ4n) is 4.30. The minimum atomic E-state index is -0.0686. The van der Waals surface area contributed by atoms with Gasteiger partial charge in [-0.05, 0) is 43.5 Å². The number of amides is 2. The zero-order chi connectivity index (χ0) is 21.5. The summed E-state index contributed by atoms with van der Waals surface area (Å²) in [6, 6.07) is 17.4. The van der Waals surface area contributed by atoms with Crippen LogP contribution in [0.2, 0.25) is 0 Å². The quantitative estimate of drug-likeness (QED) is 0.546. The summed E-state index contributed by atoms with van der Waals surface area (Å²) in [7, 11) is 0. The maximum absolute atomic E-state index is 12.7. The number of carbonyl (C=O) groups is 2. The van der Waals surface area contributed by atoms with E-state index < -0.39 is 0 Å². The molecule has 3 aromatic rings. The smallest absolute Gasteiger partial charge is 0.251 e. The summed E-state index contributed by atoms with van der Waals surface area (Å²) in [5.41, 5.74) is 2.54. The highest BCUT2D eigenvalue weighted by Gasteiger charge is 2.18. The lowest BCUT2D eigenvalue weighted by Gasteiger charge is -2.23. The van der Waals surface area contributed by atoms with Crippen LogP contribution in [-0.2, 0) is 17.8 Å². The van der Waals surface area contributed by atoms with Gasteiger partial charge in [-0.2, -0.15) is 0 Å². The number of nitrogens with zero attached hydrogens (tertiary/aromatic N) is 2. The molecule has 1 saturated carbocycles. The van der Waals surface area contributed by atoms with Crippen LogP contribution in [0.5, 0.6) is 0 Å². The van der Waals surface area contributed by atoms with E-state index in [1.165, 1.54) is 19.3 Å². The zero-order valence-electron chi connectivity index (χ0n) is 17.8. The van der Waals surface area contributed by atoms with Crippen molar-refractivity contribution in [2.45, 2.75) is 57.5 Å². The molecule has 0 spiro atoms. The normalized spacial score (nSPS) is 14.5. The van der Waals surface area contributed by atoms with Crippen molar-refractivity contribution < 1.29 is 9.59 Å². The third-order valence-electron chi connectivity index (χ3n) is 5.90. The molecule has 6 heteroatoms. The number of nitrogens with one attached hydrogen (secondary N) is 2. The third-order valence-corrected chi connectivity index (χ3v) is 5.90. The Morgan fingerprint density at radius 1 is 0.968 bits per heavy atom. The van der Waals surface area contributed by atoms with Crippen LogP contribution < -0.4 is 10.6 Å². The number of hydrogen-bond acceptors (Lipinski definition) is 3. The average Bonchev–Trinajstić information content (AvgIpc) is 3.15. The Bertz CT molecular complexity index is 1020. The van der Waals surface area contributed by atoms with Gasteiger partial charge in [-0.25, -0.2) is 4.98 Å². The van der Waals surface area contributed by atoms with Gasteiger partial charge < -0.3 is 15.2 Å². The van der Waals surface area contributed by atoms with Gasteiger partial charge in [-0.1, -0.05) is 49.6 Å². The first-order valence-electron chi connectivity index (χ1n) is 11.3. The fraction of sp³-hybridized carbons (Fsp3) is 0.400. The van der Waals surface area contributed by atoms with Crippen LogP contribution in [0.4, 0.5) is 0 Å². The predicted molar refractivity (Wildman–Crippen MR) is 122 cm³/mol. The van der Waals surface area contributed by atoms with Crippen molar-refractivity contribution >= 4 is 22.8 Å². The molecule has 0 unspecified atom stereocenters. The molecule has 6 nitrogen and oxygen atoms in total. The highest BCUT2D eigenvalue weighted by atomic mass is 16.2. The van der Waals surface area contributed by atoms with E-state index in [1.807, 2.05) is 47.0 Å². The van der Waals surface area contributed by atoms with Crippen molar-refractivity contribution in [1.82, 2.24) is 20.2 Å². The van der Waals surface area contributed by atoms with Crippen LogP contribution in [0, 0.1) is 0 Å². The van der Waals surface area contributed by atoms with Crippen molar-refractivity contribution in [3.63, 3.8) is 0 Å². The Morgan fingerprint density at radius 3 is 2.52 bits per heavy atom. The van der Waals surface area contributed by atoms with Gasteiger partial charge in [-0.3, -0.25) is 9.59 Å². The van der Waals surface area contributed by atoms with Gasteiger partial charge in [0.1, 0.15) is 12.4 Å². The second kappa shape index (κ2) is 10.2. The van der Waals surface area contributed by atoms with Gasteiger partial charge in [0.15, 0.2) is 0 Å².